The highest BCUT2D eigenvalue weighted by molar-refractivity contribution is 5.72. The first-order valence-corrected chi connectivity index (χ1v) is 28.5. The lowest BCUT2D eigenvalue weighted by atomic mass is 10.0. The van der Waals surface area contributed by atoms with E-state index in [9.17, 15) is 19.5 Å². The molecule has 0 aromatic heterocycles. The Morgan fingerprint density at radius 1 is 0.449 bits per heavy atom. The monoisotopic (exact) mass is 967 g/mol. The fourth-order valence-corrected chi connectivity index (χ4v) is 8.23. The van der Waals surface area contributed by atoms with Crippen LogP contribution in [0.2, 0.25) is 0 Å². The Hall–Kier alpha value is -3.23. The number of unbranched alkanes of at least 4 members (excludes halogenated alkanes) is 25. The molecule has 0 saturated carbocycles. The number of carbonyl (C=O) groups is 3. The lowest BCUT2D eigenvalue weighted by molar-refractivity contribution is -0.887. The number of hydrogen-bond acceptors (Lipinski definition) is 6. The van der Waals surface area contributed by atoms with Gasteiger partial charge >= 0.3 is 17.9 Å². The number of allylic oxidation sites excluding steroid dienone is 12. The molecule has 0 aromatic carbocycles. The number of carbonyl (C=O) groups excluding carboxylic acids is 2. The third-order valence-corrected chi connectivity index (χ3v) is 12.6. The summed E-state index contributed by atoms with van der Waals surface area (Å²) in [5.74, 6) is -1.48. The number of rotatable bonds is 51. The number of carboxylic acids is 1. The first-order chi connectivity index (χ1) is 33.6. The SMILES string of the molecule is CC/C=C/C/C=C/C/C=C/C/C=C/C/C=C/CCCCCCCCCC(=O)OCC(COCCC(C(=O)O)[N+](C)(C)C)OC(=O)CCCCCCCCC/C=C/CCCCCCCCCCCCC. The summed E-state index contributed by atoms with van der Waals surface area (Å²) >= 11 is 0. The van der Waals surface area contributed by atoms with Crippen molar-refractivity contribution in [3.8, 4) is 0 Å². The molecule has 0 saturated heterocycles. The number of ether oxygens (including phenoxy) is 3. The third-order valence-electron chi connectivity index (χ3n) is 12.6. The van der Waals surface area contributed by atoms with Crippen LogP contribution in [-0.2, 0) is 28.6 Å². The summed E-state index contributed by atoms with van der Waals surface area (Å²) in [7, 11) is 5.54. The summed E-state index contributed by atoms with van der Waals surface area (Å²) in [6, 6.07) is -0.621. The fraction of sp³-hybridized carbons (Fsp3) is 0.754. The molecule has 0 fully saturated rings. The zero-order valence-electron chi connectivity index (χ0n) is 45.5. The van der Waals surface area contributed by atoms with Gasteiger partial charge in [-0.2, -0.15) is 0 Å². The van der Waals surface area contributed by atoms with E-state index in [0.29, 0.717) is 19.3 Å². The van der Waals surface area contributed by atoms with E-state index >= 15 is 0 Å². The molecule has 0 amide bonds. The average molecular weight is 968 g/mol. The fourth-order valence-electron chi connectivity index (χ4n) is 8.23. The topological polar surface area (TPSA) is 99.1 Å². The van der Waals surface area contributed by atoms with Crippen LogP contribution in [0.15, 0.2) is 72.9 Å². The van der Waals surface area contributed by atoms with Gasteiger partial charge in [-0.05, 0) is 83.5 Å². The van der Waals surface area contributed by atoms with Crippen LogP contribution in [-0.4, -0.2) is 80.6 Å². The van der Waals surface area contributed by atoms with Gasteiger partial charge in [-0.15, -0.1) is 0 Å². The molecule has 398 valence electrons. The number of nitrogens with zero attached hydrogens (tertiary/aromatic N) is 1. The molecule has 0 spiro atoms. The summed E-state index contributed by atoms with van der Waals surface area (Å²) in [4.78, 5) is 37.3. The minimum Gasteiger partial charge on any atom is -0.477 e. The highest BCUT2D eigenvalue weighted by Gasteiger charge is 2.31. The molecule has 8 heteroatoms. The largest absolute Gasteiger partial charge is 0.477 e. The van der Waals surface area contributed by atoms with Crippen molar-refractivity contribution in [2.45, 2.75) is 257 Å². The predicted molar refractivity (Wildman–Crippen MR) is 294 cm³/mol. The molecule has 0 aliphatic heterocycles. The van der Waals surface area contributed by atoms with Crippen molar-refractivity contribution >= 4 is 17.9 Å². The van der Waals surface area contributed by atoms with Gasteiger partial charge in [-0.25, -0.2) is 4.79 Å². The number of hydrogen-bond donors (Lipinski definition) is 1. The Labute approximate surface area is 425 Å². The summed E-state index contributed by atoms with van der Waals surface area (Å²) < 4.78 is 17.4. The minimum atomic E-state index is -0.877. The maximum absolute atomic E-state index is 12.8. The second-order valence-electron chi connectivity index (χ2n) is 20.2. The molecule has 0 rings (SSSR count). The lowest BCUT2D eigenvalue weighted by Crippen LogP contribution is -2.50. The quantitative estimate of drug-likeness (QED) is 0.0281. The summed E-state index contributed by atoms with van der Waals surface area (Å²) in [5, 5.41) is 9.68. The number of quaternary nitrogens is 1. The molecule has 0 heterocycles. The van der Waals surface area contributed by atoms with Crippen LogP contribution < -0.4 is 0 Å². The molecule has 69 heavy (non-hydrogen) atoms. The molecule has 2 atom stereocenters. The molecule has 2 unspecified atom stereocenters. The van der Waals surface area contributed by atoms with Crippen LogP contribution in [0.5, 0.6) is 0 Å². The van der Waals surface area contributed by atoms with Gasteiger partial charge in [0.05, 0.1) is 34.4 Å². The smallest absolute Gasteiger partial charge is 0.362 e. The molecular weight excluding hydrogens is 859 g/mol. The van der Waals surface area contributed by atoms with Gasteiger partial charge in [0.2, 0.25) is 0 Å². The van der Waals surface area contributed by atoms with Crippen molar-refractivity contribution in [3.63, 3.8) is 0 Å². The third kappa shape index (κ3) is 49.5. The number of esters is 2. The molecule has 0 radical (unpaired) electrons. The first kappa shape index (κ1) is 65.8. The molecule has 0 bridgehead atoms. The van der Waals surface area contributed by atoms with Crippen LogP contribution in [0.1, 0.15) is 245 Å². The van der Waals surface area contributed by atoms with Crippen LogP contribution in [0.4, 0.5) is 0 Å². The van der Waals surface area contributed by atoms with Gasteiger partial charge in [0.15, 0.2) is 12.1 Å². The number of carboxylic acid groups (broad SMARTS) is 1. The van der Waals surface area contributed by atoms with Gasteiger partial charge in [0.25, 0.3) is 0 Å². The average Bonchev–Trinajstić information content (AvgIpc) is 3.31. The van der Waals surface area contributed by atoms with Crippen molar-refractivity contribution < 1.29 is 38.2 Å². The van der Waals surface area contributed by atoms with Crippen LogP contribution in [0.25, 0.3) is 0 Å². The maximum Gasteiger partial charge on any atom is 0.362 e. The number of aliphatic carboxylic acids is 1. The zero-order valence-corrected chi connectivity index (χ0v) is 45.5. The lowest BCUT2D eigenvalue weighted by Gasteiger charge is -2.31. The first-order valence-electron chi connectivity index (χ1n) is 28.5. The van der Waals surface area contributed by atoms with E-state index in [0.717, 1.165) is 77.0 Å². The van der Waals surface area contributed by atoms with E-state index in [-0.39, 0.29) is 36.2 Å². The maximum atomic E-state index is 12.8. The van der Waals surface area contributed by atoms with Gasteiger partial charge in [-0.1, -0.05) is 215 Å². The second-order valence-corrected chi connectivity index (χ2v) is 20.2. The van der Waals surface area contributed by atoms with Gasteiger partial charge in [0.1, 0.15) is 6.61 Å². The Balaban J connectivity index is 4.22. The van der Waals surface area contributed by atoms with Crippen molar-refractivity contribution in [2.24, 2.45) is 0 Å². The highest BCUT2D eigenvalue weighted by atomic mass is 16.6. The van der Waals surface area contributed by atoms with Crippen molar-refractivity contribution in [1.82, 2.24) is 0 Å². The van der Waals surface area contributed by atoms with Crippen LogP contribution in [0, 0.1) is 0 Å². The van der Waals surface area contributed by atoms with E-state index in [1.165, 1.54) is 135 Å². The molecule has 0 aromatic rings. The van der Waals surface area contributed by atoms with E-state index in [2.05, 4.69) is 86.8 Å². The van der Waals surface area contributed by atoms with E-state index in [4.69, 9.17) is 14.2 Å². The van der Waals surface area contributed by atoms with E-state index in [1.54, 1.807) is 0 Å². The normalized spacial score (nSPS) is 13.3. The Morgan fingerprint density at radius 2 is 0.812 bits per heavy atom. The van der Waals surface area contributed by atoms with E-state index < -0.39 is 18.1 Å². The Morgan fingerprint density at radius 3 is 1.22 bits per heavy atom. The van der Waals surface area contributed by atoms with Crippen molar-refractivity contribution in [3.05, 3.63) is 72.9 Å². The van der Waals surface area contributed by atoms with Crippen LogP contribution in [0.3, 0.4) is 0 Å². The molecule has 1 N–H and O–H groups in total. The Bertz CT molecular complexity index is 1360. The molecule has 8 nitrogen and oxygen atoms in total. The minimum absolute atomic E-state index is 0.0537. The van der Waals surface area contributed by atoms with Crippen molar-refractivity contribution in [1.29, 1.82) is 0 Å². The summed E-state index contributed by atoms with van der Waals surface area (Å²) in [5.41, 5.74) is 0. The molecule has 0 aliphatic rings. The Kier molecular flexibility index (Phi) is 48.7. The van der Waals surface area contributed by atoms with Gasteiger partial charge in [0, 0.05) is 19.3 Å². The molecular formula is C61H108NO7+. The van der Waals surface area contributed by atoms with E-state index in [1.807, 2.05) is 21.1 Å². The standard InChI is InChI=1S/C61H107NO7/c1-6-8-10-12-14-16-18-20-22-24-26-28-30-32-33-35-37-39-41-43-45-47-49-51-59(63)68-56-57(55-67-54-53-58(61(65)66)62(3,4)5)69-60(64)52-50-48-46-44-42-40-38-36-34-31-29-27-25-23-21-19-17-15-13-11-9-7-2/h8,10,14,16,20,22,26,28,31-34,57-58H,6-7,9,11-13,15,17-19,21,23-25,27,29-30,35-56H2,1-5H3/p+1/b10-8+,16-14+,22-20+,28-26+,33-32+,34-31+. The highest BCUT2D eigenvalue weighted by Crippen LogP contribution is 2.16. The second kappa shape index (κ2) is 51.1. The summed E-state index contributed by atoms with van der Waals surface area (Å²) in [6.07, 6.45) is 66.7. The predicted octanol–water partition coefficient (Wildman–Crippen LogP) is 17.0. The van der Waals surface area contributed by atoms with Gasteiger partial charge < -0.3 is 23.8 Å². The number of likely N-dealkylation sites (N-methyl/N-ethyl adjacent to an activating group) is 1. The zero-order chi connectivity index (χ0) is 50.6. The molecule has 0 aliphatic carbocycles. The van der Waals surface area contributed by atoms with Crippen molar-refractivity contribution in [2.75, 3.05) is 41.0 Å². The summed E-state index contributed by atoms with van der Waals surface area (Å²) in [6.45, 7) is 4.63. The van der Waals surface area contributed by atoms with Crippen LogP contribution >= 0.6 is 0 Å². The van der Waals surface area contributed by atoms with Gasteiger partial charge in [-0.3, -0.25) is 9.59 Å².